The minimum absolute atomic E-state index is 0.120. The van der Waals surface area contributed by atoms with Gasteiger partial charge in [-0.3, -0.25) is 4.90 Å². The highest BCUT2D eigenvalue weighted by Gasteiger charge is 2.27. The first kappa shape index (κ1) is 20.6. The molecule has 0 unspecified atom stereocenters. The normalized spacial score (nSPS) is 13.4. The van der Waals surface area contributed by atoms with Crippen molar-refractivity contribution in [3.8, 4) is 0 Å². The molecule has 2 N–H and O–H groups in total. The largest absolute Gasteiger partial charge is 0.395 e. The van der Waals surface area contributed by atoms with Gasteiger partial charge in [0.25, 0.3) is 0 Å². The van der Waals surface area contributed by atoms with Gasteiger partial charge in [-0.05, 0) is 35.1 Å². The number of benzene rings is 3. The fourth-order valence-corrected chi connectivity index (χ4v) is 3.77. The number of rotatable bonds is 9. The Kier molecular flexibility index (Phi) is 7.69. The van der Waals surface area contributed by atoms with Crippen molar-refractivity contribution >= 4 is 11.8 Å². The van der Waals surface area contributed by atoms with Gasteiger partial charge in [0, 0.05) is 18.0 Å². The van der Waals surface area contributed by atoms with Crippen molar-refractivity contribution < 1.29 is 10.2 Å². The summed E-state index contributed by atoms with van der Waals surface area (Å²) < 4.78 is 0. The van der Waals surface area contributed by atoms with E-state index >= 15 is 0 Å². The predicted octanol–water partition coefficient (Wildman–Crippen LogP) is 4.51. The number of hydrogen-bond donors (Lipinski definition) is 2. The van der Waals surface area contributed by atoms with Gasteiger partial charge in [0.2, 0.25) is 0 Å². The number of thioether (sulfide) groups is 1. The van der Waals surface area contributed by atoms with Crippen LogP contribution in [-0.2, 0) is 13.1 Å². The Balaban J connectivity index is 1.86. The van der Waals surface area contributed by atoms with Crippen molar-refractivity contribution in [2.75, 3.05) is 12.9 Å². The quantitative estimate of drug-likeness (QED) is 0.525. The number of nitrogens with zero attached hydrogens (tertiary/aromatic N) is 1. The lowest BCUT2D eigenvalue weighted by Gasteiger charge is -2.34. The zero-order valence-electron chi connectivity index (χ0n) is 16.1. The van der Waals surface area contributed by atoms with Gasteiger partial charge in [0.05, 0.1) is 18.8 Å². The standard InChI is InChI=1S/C24H27NO2S/c1-28-22-14-12-21(13-15-22)24(27)23(18-26)25(16-19-8-4-2-5-9-19)17-20-10-6-3-7-11-20/h2-15,23-24,26-27H,16-18H2,1H3/t23-,24+/m0/s1. The molecule has 3 aromatic rings. The van der Waals surface area contributed by atoms with E-state index in [2.05, 4.69) is 29.2 Å². The molecule has 2 atom stereocenters. The third-order valence-electron chi connectivity index (χ3n) is 4.93. The molecule has 3 aromatic carbocycles. The van der Waals surface area contributed by atoms with Crippen LogP contribution in [0.2, 0.25) is 0 Å². The Labute approximate surface area is 171 Å². The molecule has 0 amide bonds. The van der Waals surface area contributed by atoms with Gasteiger partial charge in [-0.1, -0.05) is 72.8 Å². The fourth-order valence-electron chi connectivity index (χ4n) is 3.36. The molecule has 0 radical (unpaired) electrons. The van der Waals surface area contributed by atoms with E-state index < -0.39 is 12.1 Å². The molecular weight excluding hydrogens is 366 g/mol. The second-order valence-corrected chi connectivity index (χ2v) is 7.72. The van der Waals surface area contributed by atoms with Crippen LogP contribution >= 0.6 is 11.8 Å². The van der Waals surface area contributed by atoms with Gasteiger partial charge in [-0.2, -0.15) is 0 Å². The first-order valence-electron chi connectivity index (χ1n) is 9.46. The van der Waals surface area contributed by atoms with Crippen molar-refractivity contribution in [3.05, 3.63) is 102 Å². The van der Waals surface area contributed by atoms with Crippen LogP contribution in [0, 0.1) is 0 Å². The van der Waals surface area contributed by atoms with Gasteiger partial charge >= 0.3 is 0 Å². The zero-order chi connectivity index (χ0) is 19.8. The van der Waals surface area contributed by atoms with Crippen molar-refractivity contribution in [3.63, 3.8) is 0 Å². The molecule has 4 heteroatoms. The van der Waals surface area contributed by atoms with Gasteiger partial charge in [-0.25, -0.2) is 0 Å². The Morgan fingerprint density at radius 1 is 0.786 bits per heavy atom. The average molecular weight is 394 g/mol. The van der Waals surface area contributed by atoms with E-state index in [9.17, 15) is 10.2 Å². The van der Waals surface area contributed by atoms with Crippen LogP contribution in [0.5, 0.6) is 0 Å². The molecule has 0 saturated heterocycles. The maximum atomic E-state index is 11.1. The maximum Gasteiger partial charge on any atom is 0.0967 e. The molecule has 3 rings (SSSR count). The van der Waals surface area contributed by atoms with Crippen LogP contribution in [0.3, 0.4) is 0 Å². The van der Waals surface area contributed by atoms with Crippen molar-refractivity contribution in [2.24, 2.45) is 0 Å². The van der Waals surface area contributed by atoms with Crippen molar-refractivity contribution in [1.82, 2.24) is 4.90 Å². The number of hydrogen-bond acceptors (Lipinski definition) is 4. The lowest BCUT2D eigenvalue weighted by molar-refractivity contribution is 0.00591. The summed E-state index contributed by atoms with van der Waals surface area (Å²) in [6.07, 6.45) is 1.26. The first-order valence-corrected chi connectivity index (χ1v) is 10.7. The molecule has 0 spiro atoms. The lowest BCUT2D eigenvalue weighted by Crippen LogP contribution is -2.41. The van der Waals surface area contributed by atoms with E-state index in [1.54, 1.807) is 11.8 Å². The summed E-state index contributed by atoms with van der Waals surface area (Å²) in [6.45, 7) is 1.19. The molecule has 146 valence electrons. The Bertz CT molecular complexity index is 783. The molecule has 0 aliphatic carbocycles. The molecule has 0 saturated carbocycles. The van der Waals surface area contributed by atoms with Gasteiger partial charge in [-0.15, -0.1) is 11.8 Å². The molecule has 0 fully saturated rings. The fraction of sp³-hybridized carbons (Fsp3) is 0.250. The molecule has 0 aliphatic rings. The first-order chi connectivity index (χ1) is 13.7. The summed E-state index contributed by atoms with van der Waals surface area (Å²) in [6, 6.07) is 27.9. The summed E-state index contributed by atoms with van der Waals surface area (Å²) >= 11 is 1.67. The Morgan fingerprint density at radius 2 is 1.29 bits per heavy atom. The molecule has 0 aromatic heterocycles. The van der Waals surface area contributed by atoms with Crippen LogP contribution in [0.1, 0.15) is 22.8 Å². The smallest absolute Gasteiger partial charge is 0.0967 e. The van der Waals surface area contributed by atoms with Crippen LogP contribution in [0.15, 0.2) is 89.8 Å². The van der Waals surface area contributed by atoms with Crippen molar-refractivity contribution in [2.45, 2.75) is 30.1 Å². The van der Waals surface area contributed by atoms with Crippen LogP contribution < -0.4 is 0 Å². The molecule has 28 heavy (non-hydrogen) atoms. The van der Waals surface area contributed by atoms with Gasteiger partial charge in [0.1, 0.15) is 0 Å². The minimum atomic E-state index is -0.770. The van der Waals surface area contributed by atoms with Crippen molar-refractivity contribution in [1.29, 1.82) is 0 Å². The van der Waals surface area contributed by atoms with E-state index in [0.717, 1.165) is 21.6 Å². The zero-order valence-corrected chi connectivity index (χ0v) is 16.9. The summed E-state index contributed by atoms with van der Waals surface area (Å²) in [4.78, 5) is 3.31. The number of aliphatic hydroxyl groups is 2. The van der Waals surface area contributed by atoms with Crippen LogP contribution in [0.25, 0.3) is 0 Å². The van der Waals surface area contributed by atoms with Crippen LogP contribution in [-0.4, -0.2) is 34.0 Å². The SMILES string of the molecule is CSc1ccc([C@@H](O)[C@H](CO)N(Cc2ccccc2)Cc2ccccc2)cc1. The lowest BCUT2D eigenvalue weighted by atomic mass is 10.00. The highest BCUT2D eigenvalue weighted by molar-refractivity contribution is 7.98. The molecule has 0 aliphatic heterocycles. The molecule has 0 bridgehead atoms. The molecule has 0 heterocycles. The van der Waals surface area contributed by atoms with E-state index in [1.165, 1.54) is 0 Å². The Morgan fingerprint density at radius 3 is 1.71 bits per heavy atom. The van der Waals surface area contributed by atoms with Crippen LogP contribution in [0.4, 0.5) is 0 Å². The second kappa shape index (κ2) is 10.4. The Hall–Kier alpha value is -2.11. The minimum Gasteiger partial charge on any atom is -0.395 e. The summed E-state index contributed by atoms with van der Waals surface area (Å²) in [7, 11) is 0. The van der Waals surface area contributed by atoms with E-state index in [4.69, 9.17) is 0 Å². The van der Waals surface area contributed by atoms with Gasteiger partial charge < -0.3 is 10.2 Å². The molecular formula is C24H27NO2S. The third-order valence-corrected chi connectivity index (χ3v) is 5.68. The average Bonchev–Trinajstić information content (AvgIpc) is 2.75. The second-order valence-electron chi connectivity index (χ2n) is 6.84. The van der Waals surface area contributed by atoms with E-state index in [1.807, 2.05) is 66.9 Å². The predicted molar refractivity (Wildman–Crippen MR) is 116 cm³/mol. The highest BCUT2D eigenvalue weighted by Crippen LogP contribution is 2.26. The third kappa shape index (κ3) is 5.46. The topological polar surface area (TPSA) is 43.7 Å². The van der Waals surface area contributed by atoms with E-state index in [-0.39, 0.29) is 6.61 Å². The highest BCUT2D eigenvalue weighted by atomic mass is 32.2. The summed E-state index contributed by atoms with van der Waals surface area (Å²) in [5.41, 5.74) is 3.13. The van der Waals surface area contributed by atoms with E-state index in [0.29, 0.717) is 13.1 Å². The molecule has 3 nitrogen and oxygen atoms in total. The monoisotopic (exact) mass is 393 g/mol. The summed E-state index contributed by atoms with van der Waals surface area (Å²) in [5.74, 6) is 0. The summed E-state index contributed by atoms with van der Waals surface area (Å²) in [5, 5.41) is 21.2. The maximum absolute atomic E-state index is 11.1. The number of aliphatic hydroxyl groups excluding tert-OH is 2. The van der Waals surface area contributed by atoms with Gasteiger partial charge in [0.15, 0.2) is 0 Å².